The maximum absolute atomic E-state index is 5.51. The van der Waals surface area contributed by atoms with E-state index in [0.29, 0.717) is 13.2 Å². The molecule has 0 heterocycles. The second-order valence-electron chi connectivity index (χ2n) is 2.18. The van der Waals surface area contributed by atoms with Crippen molar-refractivity contribution >= 4 is 34.8 Å². The number of ether oxygens (including phenoxy) is 2. The minimum Gasteiger partial charge on any atom is -0.349 e. The van der Waals surface area contributed by atoms with Gasteiger partial charge in [-0.3, -0.25) is 0 Å². The Labute approximate surface area is 93.7 Å². The number of rotatable bonds is 5. The number of halogens is 3. The standard InChI is InChI=1S/C8H13Cl3O2/c1-3-12-7(13-4-2)5-6-8(9,10)11/h5-7H,3-4H2,1-2H3. The summed E-state index contributed by atoms with van der Waals surface area (Å²) in [4.78, 5) is 0. The van der Waals surface area contributed by atoms with Crippen LogP contribution in [0.3, 0.4) is 0 Å². The SMILES string of the molecule is CCOC(C=CC(Cl)(Cl)Cl)OCC. The monoisotopic (exact) mass is 246 g/mol. The Bertz CT molecular complexity index is 148. The fourth-order valence-corrected chi connectivity index (χ4v) is 0.894. The van der Waals surface area contributed by atoms with Crippen LogP contribution in [-0.2, 0) is 9.47 Å². The van der Waals surface area contributed by atoms with E-state index in [9.17, 15) is 0 Å². The molecule has 0 amide bonds. The summed E-state index contributed by atoms with van der Waals surface area (Å²) in [6.45, 7) is 4.84. The molecule has 5 heteroatoms. The van der Waals surface area contributed by atoms with Gasteiger partial charge < -0.3 is 9.47 Å². The van der Waals surface area contributed by atoms with Gasteiger partial charge in [-0.25, -0.2) is 0 Å². The lowest BCUT2D eigenvalue weighted by molar-refractivity contribution is -0.104. The van der Waals surface area contributed by atoms with Crippen molar-refractivity contribution in [3.8, 4) is 0 Å². The van der Waals surface area contributed by atoms with Gasteiger partial charge >= 0.3 is 0 Å². The van der Waals surface area contributed by atoms with E-state index in [1.54, 1.807) is 6.08 Å². The zero-order valence-corrected chi connectivity index (χ0v) is 9.86. The molecule has 0 N–H and O–H groups in total. The van der Waals surface area contributed by atoms with Gasteiger partial charge in [0.2, 0.25) is 3.79 Å². The zero-order valence-electron chi connectivity index (χ0n) is 7.60. The summed E-state index contributed by atoms with van der Waals surface area (Å²) in [5, 5.41) is 0. The number of alkyl halides is 3. The van der Waals surface area contributed by atoms with Gasteiger partial charge in [-0.15, -0.1) is 0 Å². The van der Waals surface area contributed by atoms with Crippen LogP contribution in [0.1, 0.15) is 13.8 Å². The predicted octanol–water partition coefficient (Wildman–Crippen LogP) is 3.31. The summed E-state index contributed by atoms with van der Waals surface area (Å²) in [7, 11) is 0. The van der Waals surface area contributed by atoms with Crippen molar-refractivity contribution in [1.29, 1.82) is 0 Å². The summed E-state index contributed by atoms with van der Waals surface area (Å²) < 4.78 is 8.99. The summed E-state index contributed by atoms with van der Waals surface area (Å²) in [5.74, 6) is 0. The molecule has 0 saturated heterocycles. The summed E-state index contributed by atoms with van der Waals surface area (Å²) >= 11 is 16.5. The number of hydrogen-bond donors (Lipinski definition) is 0. The summed E-state index contributed by atoms with van der Waals surface area (Å²) in [6.07, 6.45) is 2.55. The van der Waals surface area contributed by atoms with E-state index in [4.69, 9.17) is 44.3 Å². The second kappa shape index (κ2) is 6.91. The van der Waals surface area contributed by atoms with Gasteiger partial charge in [0.25, 0.3) is 0 Å². The topological polar surface area (TPSA) is 18.5 Å². The molecule has 0 aromatic rings. The molecule has 0 atom stereocenters. The smallest absolute Gasteiger partial charge is 0.209 e. The minimum absolute atomic E-state index is 0.439. The highest BCUT2D eigenvalue weighted by atomic mass is 35.6. The molecule has 0 fully saturated rings. The van der Waals surface area contributed by atoms with E-state index in [2.05, 4.69) is 0 Å². The van der Waals surface area contributed by atoms with Crippen molar-refractivity contribution in [1.82, 2.24) is 0 Å². The predicted molar refractivity (Wildman–Crippen MR) is 56.5 cm³/mol. The number of allylic oxidation sites excluding steroid dienone is 1. The van der Waals surface area contributed by atoms with Crippen LogP contribution in [-0.4, -0.2) is 23.3 Å². The fourth-order valence-electron chi connectivity index (χ4n) is 0.675. The highest BCUT2D eigenvalue weighted by Gasteiger charge is 2.15. The highest BCUT2D eigenvalue weighted by molar-refractivity contribution is 6.68. The maximum Gasteiger partial charge on any atom is 0.209 e. The quantitative estimate of drug-likeness (QED) is 0.422. The van der Waals surface area contributed by atoms with E-state index in [1.165, 1.54) is 6.08 Å². The third-order valence-corrected chi connectivity index (χ3v) is 1.48. The Morgan fingerprint density at radius 2 is 1.62 bits per heavy atom. The van der Waals surface area contributed by atoms with Gasteiger partial charge in [0.05, 0.1) is 0 Å². The first-order valence-corrected chi connectivity index (χ1v) is 5.12. The van der Waals surface area contributed by atoms with Crippen LogP contribution in [0.4, 0.5) is 0 Å². The molecule has 0 aromatic carbocycles. The molecule has 0 aliphatic carbocycles. The average molecular weight is 248 g/mol. The average Bonchev–Trinajstić information content (AvgIpc) is 2.00. The summed E-state index contributed by atoms with van der Waals surface area (Å²) in [6, 6.07) is 0. The Morgan fingerprint density at radius 3 is 1.92 bits per heavy atom. The van der Waals surface area contributed by atoms with Crippen molar-refractivity contribution in [3.63, 3.8) is 0 Å². The van der Waals surface area contributed by atoms with E-state index < -0.39 is 10.1 Å². The molecule has 2 nitrogen and oxygen atoms in total. The van der Waals surface area contributed by atoms with E-state index in [0.717, 1.165) is 0 Å². The number of hydrogen-bond acceptors (Lipinski definition) is 2. The van der Waals surface area contributed by atoms with E-state index in [-0.39, 0.29) is 0 Å². The Hall–Kier alpha value is 0.530. The Balaban J connectivity index is 4.00. The van der Waals surface area contributed by atoms with Crippen molar-refractivity contribution in [2.75, 3.05) is 13.2 Å². The third kappa shape index (κ3) is 8.85. The largest absolute Gasteiger partial charge is 0.349 e. The molecular weight excluding hydrogens is 234 g/mol. The molecule has 0 aliphatic rings. The first-order chi connectivity index (χ1) is 5.99. The Kier molecular flexibility index (Phi) is 7.19. The molecule has 0 saturated carbocycles. The molecule has 0 bridgehead atoms. The second-order valence-corrected chi connectivity index (χ2v) is 4.55. The van der Waals surface area contributed by atoms with Crippen LogP contribution >= 0.6 is 34.8 Å². The molecule has 0 spiro atoms. The van der Waals surface area contributed by atoms with Gasteiger partial charge in [0, 0.05) is 13.2 Å². The first-order valence-electron chi connectivity index (χ1n) is 3.99. The molecule has 0 aliphatic heterocycles. The lowest BCUT2D eigenvalue weighted by Crippen LogP contribution is -2.15. The van der Waals surface area contributed by atoms with Crippen molar-refractivity contribution in [3.05, 3.63) is 12.2 Å². The first kappa shape index (κ1) is 13.5. The highest BCUT2D eigenvalue weighted by Crippen LogP contribution is 2.27. The lowest BCUT2D eigenvalue weighted by atomic mass is 10.5. The van der Waals surface area contributed by atoms with Crippen molar-refractivity contribution in [2.45, 2.75) is 23.9 Å². The lowest BCUT2D eigenvalue weighted by Gasteiger charge is -2.13. The van der Waals surface area contributed by atoms with Crippen molar-refractivity contribution < 1.29 is 9.47 Å². The molecule has 78 valence electrons. The third-order valence-electron chi connectivity index (χ3n) is 1.10. The van der Waals surface area contributed by atoms with Crippen LogP contribution in [0.15, 0.2) is 12.2 Å². The Morgan fingerprint density at radius 1 is 1.15 bits per heavy atom. The van der Waals surface area contributed by atoms with Crippen LogP contribution < -0.4 is 0 Å². The molecule has 0 aromatic heterocycles. The van der Waals surface area contributed by atoms with Gasteiger partial charge in [-0.05, 0) is 26.0 Å². The normalized spacial score (nSPS) is 13.1. The van der Waals surface area contributed by atoms with E-state index in [1.807, 2.05) is 13.8 Å². The molecule has 0 unspecified atom stereocenters. The van der Waals surface area contributed by atoms with E-state index >= 15 is 0 Å². The fraction of sp³-hybridized carbons (Fsp3) is 0.750. The molecular formula is C8H13Cl3O2. The van der Waals surface area contributed by atoms with Crippen LogP contribution in [0.25, 0.3) is 0 Å². The zero-order chi connectivity index (χ0) is 10.3. The van der Waals surface area contributed by atoms with Crippen LogP contribution in [0, 0.1) is 0 Å². The molecule has 0 radical (unpaired) electrons. The minimum atomic E-state index is -1.40. The van der Waals surface area contributed by atoms with Crippen molar-refractivity contribution in [2.24, 2.45) is 0 Å². The molecule has 13 heavy (non-hydrogen) atoms. The van der Waals surface area contributed by atoms with Gasteiger partial charge in [0.15, 0.2) is 6.29 Å². The maximum atomic E-state index is 5.51. The van der Waals surface area contributed by atoms with Crippen LogP contribution in [0.5, 0.6) is 0 Å². The van der Waals surface area contributed by atoms with Crippen LogP contribution in [0.2, 0.25) is 0 Å². The summed E-state index contributed by atoms with van der Waals surface area (Å²) in [5.41, 5.74) is 0. The van der Waals surface area contributed by atoms with Gasteiger partial charge in [-0.1, -0.05) is 34.8 Å². The molecule has 0 rings (SSSR count). The van der Waals surface area contributed by atoms with Gasteiger partial charge in [0.1, 0.15) is 0 Å². The van der Waals surface area contributed by atoms with Gasteiger partial charge in [-0.2, -0.15) is 0 Å².